The van der Waals surface area contributed by atoms with E-state index in [9.17, 15) is 4.79 Å². The molecular formula is C30H26N4O. The van der Waals surface area contributed by atoms with Gasteiger partial charge in [-0.15, -0.1) is 0 Å². The highest BCUT2D eigenvalue weighted by molar-refractivity contribution is 6.07. The fourth-order valence-corrected chi connectivity index (χ4v) is 4.44. The number of aromatic nitrogens is 2. The Morgan fingerprint density at radius 3 is 2.40 bits per heavy atom. The summed E-state index contributed by atoms with van der Waals surface area (Å²) in [6.45, 7) is 6.24. The van der Waals surface area contributed by atoms with Crippen molar-refractivity contribution in [2.24, 2.45) is 5.10 Å². The van der Waals surface area contributed by atoms with E-state index in [1.54, 1.807) is 6.21 Å². The van der Waals surface area contributed by atoms with Crippen LogP contribution in [0.1, 0.15) is 32.9 Å². The highest BCUT2D eigenvalue weighted by Crippen LogP contribution is 2.25. The van der Waals surface area contributed by atoms with Crippen LogP contribution in [0.25, 0.3) is 27.8 Å². The van der Waals surface area contributed by atoms with Gasteiger partial charge in [0.15, 0.2) is 0 Å². The summed E-state index contributed by atoms with van der Waals surface area (Å²) in [5.74, 6) is -0.273. The van der Waals surface area contributed by atoms with Crippen LogP contribution in [0.3, 0.4) is 0 Å². The minimum absolute atomic E-state index is 0.273. The number of nitrogens with zero attached hydrogens (tertiary/aromatic N) is 3. The first-order chi connectivity index (χ1) is 17.0. The van der Waals surface area contributed by atoms with Gasteiger partial charge in [-0.05, 0) is 50.6 Å². The normalized spacial score (nSPS) is 11.3. The van der Waals surface area contributed by atoms with Crippen molar-refractivity contribution in [1.29, 1.82) is 0 Å². The molecule has 0 atom stereocenters. The molecule has 0 bridgehead atoms. The van der Waals surface area contributed by atoms with E-state index in [1.807, 2.05) is 72.8 Å². The number of benzene rings is 3. The minimum atomic E-state index is -0.273. The van der Waals surface area contributed by atoms with Crippen LogP contribution in [0.15, 0.2) is 96.1 Å². The lowest BCUT2D eigenvalue weighted by Crippen LogP contribution is -2.18. The Labute approximate surface area is 204 Å². The van der Waals surface area contributed by atoms with Crippen LogP contribution in [-0.4, -0.2) is 21.7 Å². The fourth-order valence-electron chi connectivity index (χ4n) is 4.44. The molecule has 0 spiro atoms. The molecule has 5 heteroatoms. The van der Waals surface area contributed by atoms with Crippen molar-refractivity contribution < 1.29 is 4.79 Å². The zero-order chi connectivity index (χ0) is 24.4. The Bertz CT molecular complexity index is 1560. The molecule has 1 amide bonds. The second-order valence-corrected chi connectivity index (χ2v) is 8.59. The molecule has 0 aliphatic carbocycles. The minimum Gasteiger partial charge on any atom is -0.318 e. The van der Waals surface area contributed by atoms with E-state index in [4.69, 9.17) is 4.98 Å². The predicted octanol–water partition coefficient (Wildman–Crippen LogP) is 6.38. The lowest BCUT2D eigenvalue weighted by atomic mass is 10.0. The number of para-hydroxylation sites is 2. The summed E-state index contributed by atoms with van der Waals surface area (Å²) >= 11 is 0. The van der Waals surface area contributed by atoms with Crippen LogP contribution in [0.4, 0.5) is 0 Å². The van der Waals surface area contributed by atoms with Crippen molar-refractivity contribution in [1.82, 2.24) is 15.0 Å². The van der Waals surface area contributed by atoms with Crippen LogP contribution in [-0.2, 0) is 0 Å². The van der Waals surface area contributed by atoms with E-state index >= 15 is 0 Å². The van der Waals surface area contributed by atoms with Gasteiger partial charge in [0.05, 0.1) is 23.0 Å². The molecule has 5 rings (SSSR count). The summed E-state index contributed by atoms with van der Waals surface area (Å²) in [4.78, 5) is 18.0. The van der Waals surface area contributed by atoms with Gasteiger partial charge in [0.1, 0.15) is 0 Å². The fraction of sp³-hybridized carbons (Fsp3) is 0.100. The standard InChI is InChI=1S/C30H26N4O/c1-20-11-7-10-16-29(20)34-21(2)17-24(22(34)3)19-31-33-30(35)26-18-28(23-12-5-4-6-13-23)32-27-15-9-8-14-25(26)27/h4-19H,1-3H3,(H,33,35)/b31-19+. The Morgan fingerprint density at radius 2 is 1.60 bits per heavy atom. The van der Waals surface area contributed by atoms with Crippen molar-refractivity contribution in [2.75, 3.05) is 0 Å². The van der Waals surface area contributed by atoms with Gasteiger partial charge in [-0.3, -0.25) is 4.79 Å². The van der Waals surface area contributed by atoms with Crippen molar-refractivity contribution in [3.05, 3.63) is 119 Å². The topological polar surface area (TPSA) is 59.3 Å². The molecule has 5 nitrogen and oxygen atoms in total. The number of nitrogens with one attached hydrogen (secondary N) is 1. The van der Waals surface area contributed by atoms with Crippen molar-refractivity contribution in [2.45, 2.75) is 20.8 Å². The average molecular weight is 459 g/mol. The smallest absolute Gasteiger partial charge is 0.272 e. The zero-order valence-corrected chi connectivity index (χ0v) is 20.0. The van der Waals surface area contributed by atoms with Crippen LogP contribution in [0, 0.1) is 20.8 Å². The summed E-state index contributed by atoms with van der Waals surface area (Å²) in [6, 6.07) is 29.7. The molecule has 0 saturated heterocycles. The molecule has 0 aliphatic rings. The van der Waals surface area contributed by atoms with Crippen LogP contribution in [0.2, 0.25) is 0 Å². The zero-order valence-electron chi connectivity index (χ0n) is 20.0. The monoisotopic (exact) mass is 458 g/mol. The molecule has 0 radical (unpaired) electrons. The molecule has 0 saturated carbocycles. The highest BCUT2D eigenvalue weighted by atomic mass is 16.2. The van der Waals surface area contributed by atoms with Gasteiger partial charge in [-0.2, -0.15) is 5.10 Å². The maximum atomic E-state index is 13.2. The lowest BCUT2D eigenvalue weighted by molar-refractivity contribution is 0.0956. The summed E-state index contributed by atoms with van der Waals surface area (Å²) in [5, 5.41) is 5.09. The number of hydrogen-bond acceptors (Lipinski definition) is 3. The number of aryl methyl sites for hydroxylation is 2. The lowest BCUT2D eigenvalue weighted by Gasteiger charge is -2.12. The van der Waals surface area contributed by atoms with Crippen molar-refractivity contribution >= 4 is 23.0 Å². The molecule has 5 aromatic rings. The number of fused-ring (bicyclic) bond motifs is 1. The Kier molecular flexibility index (Phi) is 5.98. The summed E-state index contributed by atoms with van der Waals surface area (Å²) in [5.41, 5.74) is 11.2. The molecule has 3 aromatic carbocycles. The number of hydrogen-bond donors (Lipinski definition) is 1. The summed E-state index contributed by atoms with van der Waals surface area (Å²) < 4.78 is 2.21. The predicted molar refractivity (Wildman–Crippen MR) is 142 cm³/mol. The van der Waals surface area contributed by atoms with Gasteiger partial charge in [0.25, 0.3) is 5.91 Å². The van der Waals surface area contributed by atoms with E-state index in [1.165, 1.54) is 5.56 Å². The van der Waals surface area contributed by atoms with Gasteiger partial charge < -0.3 is 4.57 Å². The van der Waals surface area contributed by atoms with Crippen LogP contribution in [0.5, 0.6) is 0 Å². The summed E-state index contributed by atoms with van der Waals surface area (Å²) in [7, 11) is 0. The van der Waals surface area contributed by atoms with Gasteiger partial charge in [0.2, 0.25) is 0 Å². The molecule has 0 aliphatic heterocycles. The first-order valence-corrected chi connectivity index (χ1v) is 11.6. The summed E-state index contributed by atoms with van der Waals surface area (Å²) in [6.07, 6.45) is 1.70. The quantitative estimate of drug-likeness (QED) is 0.245. The molecular weight excluding hydrogens is 432 g/mol. The number of hydrazone groups is 1. The van der Waals surface area contributed by atoms with Gasteiger partial charge >= 0.3 is 0 Å². The maximum Gasteiger partial charge on any atom is 0.272 e. The molecule has 35 heavy (non-hydrogen) atoms. The number of amides is 1. The van der Waals surface area contributed by atoms with E-state index < -0.39 is 0 Å². The number of rotatable bonds is 5. The third-order valence-electron chi connectivity index (χ3n) is 6.23. The largest absolute Gasteiger partial charge is 0.318 e. The SMILES string of the molecule is Cc1ccccc1-n1c(C)cc(/C=N/NC(=O)c2cc(-c3ccccc3)nc3ccccc23)c1C. The molecule has 0 fully saturated rings. The molecule has 0 unspecified atom stereocenters. The van der Waals surface area contributed by atoms with Gasteiger partial charge in [-0.25, -0.2) is 10.4 Å². The highest BCUT2D eigenvalue weighted by Gasteiger charge is 2.14. The van der Waals surface area contributed by atoms with Crippen LogP contribution < -0.4 is 5.43 Å². The van der Waals surface area contributed by atoms with Crippen molar-refractivity contribution in [3.8, 4) is 16.9 Å². The Balaban J connectivity index is 1.44. The Hall–Kier alpha value is -4.51. The van der Waals surface area contributed by atoms with E-state index in [0.29, 0.717) is 5.56 Å². The second kappa shape index (κ2) is 9.39. The average Bonchev–Trinajstić information content (AvgIpc) is 3.16. The van der Waals surface area contributed by atoms with E-state index in [2.05, 4.69) is 54.1 Å². The number of pyridine rings is 1. The first-order valence-electron chi connectivity index (χ1n) is 11.6. The van der Waals surface area contributed by atoms with Gasteiger partial charge in [0, 0.05) is 33.6 Å². The van der Waals surface area contributed by atoms with E-state index in [0.717, 1.165) is 44.8 Å². The van der Waals surface area contributed by atoms with E-state index in [-0.39, 0.29) is 5.91 Å². The second-order valence-electron chi connectivity index (χ2n) is 8.59. The number of carbonyl (C=O) groups is 1. The molecule has 2 aromatic heterocycles. The molecule has 1 N–H and O–H groups in total. The number of carbonyl (C=O) groups excluding carboxylic acids is 1. The van der Waals surface area contributed by atoms with Crippen molar-refractivity contribution in [3.63, 3.8) is 0 Å². The third-order valence-corrected chi connectivity index (χ3v) is 6.23. The van der Waals surface area contributed by atoms with Gasteiger partial charge in [-0.1, -0.05) is 66.7 Å². The molecule has 2 heterocycles. The van der Waals surface area contributed by atoms with Crippen LogP contribution >= 0.6 is 0 Å². The third kappa shape index (κ3) is 4.36. The Morgan fingerprint density at radius 1 is 0.886 bits per heavy atom. The molecule has 172 valence electrons. The first kappa shape index (κ1) is 22.3. The maximum absolute atomic E-state index is 13.2.